The van der Waals surface area contributed by atoms with Crippen molar-refractivity contribution in [2.75, 3.05) is 18.0 Å². The van der Waals surface area contributed by atoms with Crippen LogP contribution in [0.1, 0.15) is 24.5 Å². The summed E-state index contributed by atoms with van der Waals surface area (Å²) in [7, 11) is 0. The first-order chi connectivity index (χ1) is 16.8. The molecule has 3 aromatic rings. The molecule has 1 atom stereocenters. The van der Waals surface area contributed by atoms with Gasteiger partial charge in [0.2, 0.25) is 5.82 Å². The van der Waals surface area contributed by atoms with Gasteiger partial charge in [-0.25, -0.2) is 0 Å². The fraction of sp³-hybridized carbons (Fsp3) is 0.348. The molecule has 0 saturated carbocycles. The van der Waals surface area contributed by atoms with E-state index in [2.05, 4.69) is 14.9 Å². The van der Waals surface area contributed by atoms with Gasteiger partial charge in [0.05, 0.1) is 12.0 Å². The molecule has 2 aromatic carbocycles. The molecule has 1 aliphatic rings. The lowest BCUT2D eigenvalue weighted by atomic mass is 10.0. The van der Waals surface area contributed by atoms with Crippen molar-refractivity contribution in [2.24, 2.45) is 0 Å². The molecule has 1 N–H and O–H groups in total. The van der Waals surface area contributed by atoms with E-state index in [-0.39, 0.29) is 23.7 Å². The molecule has 1 unspecified atom stereocenters. The number of carboxylic acid groups (broad SMARTS) is 1. The van der Waals surface area contributed by atoms with Gasteiger partial charge in [-0.2, -0.15) is 31.3 Å². The first-order valence-corrected chi connectivity index (χ1v) is 10.7. The first kappa shape index (κ1) is 25.3. The number of rotatable bonds is 7. The van der Waals surface area contributed by atoms with Crippen LogP contribution < -0.4 is 9.64 Å². The summed E-state index contributed by atoms with van der Waals surface area (Å²) in [6.07, 6.45) is -11.8. The summed E-state index contributed by atoms with van der Waals surface area (Å²) in [5.74, 6) is -2.05. The number of carboxylic acids is 1. The van der Waals surface area contributed by atoms with E-state index in [0.717, 1.165) is 23.4 Å². The van der Waals surface area contributed by atoms with Gasteiger partial charge >= 0.3 is 18.3 Å². The summed E-state index contributed by atoms with van der Waals surface area (Å²) in [6.45, 7) is 1.50. The maximum absolute atomic E-state index is 13.6. The van der Waals surface area contributed by atoms with E-state index < -0.39 is 35.7 Å². The SMILES string of the molecule is CC(Oc1ccc(-c2nc(-c3cccc4c3CCN4CCC(=O)O)no2)cc1C(F)(F)F)C(F)(F)F. The Kier molecular flexibility index (Phi) is 6.58. The Morgan fingerprint density at radius 3 is 2.61 bits per heavy atom. The summed E-state index contributed by atoms with van der Waals surface area (Å²) < 4.78 is 88.9. The van der Waals surface area contributed by atoms with Crippen LogP contribution >= 0.6 is 0 Å². The van der Waals surface area contributed by atoms with E-state index >= 15 is 0 Å². The number of benzene rings is 2. The molecule has 2 heterocycles. The predicted octanol–water partition coefficient (Wildman–Crippen LogP) is 5.59. The molecule has 0 spiro atoms. The molecule has 36 heavy (non-hydrogen) atoms. The Hall–Kier alpha value is -3.77. The van der Waals surface area contributed by atoms with Crippen LogP contribution in [0.2, 0.25) is 0 Å². The average Bonchev–Trinajstić information content (AvgIpc) is 3.44. The standard InChI is InChI=1S/C23H19F6N3O4/c1-12(22(24,25)26)35-18-6-5-13(11-16(18)23(27,28)29)21-30-20(31-36-21)15-3-2-4-17-14(15)7-9-32(17)10-8-19(33)34/h2-6,11-12H,7-10H2,1H3,(H,33,34). The highest BCUT2D eigenvalue weighted by molar-refractivity contribution is 5.74. The van der Waals surface area contributed by atoms with Gasteiger partial charge in [-0.15, -0.1) is 0 Å². The van der Waals surface area contributed by atoms with E-state index in [1.165, 1.54) is 0 Å². The van der Waals surface area contributed by atoms with Crippen molar-refractivity contribution in [3.8, 4) is 28.6 Å². The number of hydrogen-bond acceptors (Lipinski definition) is 6. The van der Waals surface area contributed by atoms with Crippen molar-refractivity contribution in [1.82, 2.24) is 10.1 Å². The number of hydrogen-bond donors (Lipinski definition) is 1. The fourth-order valence-corrected chi connectivity index (χ4v) is 3.87. The van der Waals surface area contributed by atoms with Crippen LogP contribution in [-0.4, -0.2) is 46.6 Å². The molecule has 0 bridgehead atoms. The van der Waals surface area contributed by atoms with Crippen molar-refractivity contribution in [1.29, 1.82) is 0 Å². The lowest BCUT2D eigenvalue weighted by Gasteiger charge is -2.20. The lowest BCUT2D eigenvalue weighted by Crippen LogP contribution is -2.31. The van der Waals surface area contributed by atoms with Crippen LogP contribution in [0.5, 0.6) is 5.75 Å². The second kappa shape index (κ2) is 9.36. The van der Waals surface area contributed by atoms with Gasteiger partial charge in [-0.1, -0.05) is 17.3 Å². The number of anilines is 1. The van der Waals surface area contributed by atoms with E-state index in [4.69, 9.17) is 9.63 Å². The van der Waals surface area contributed by atoms with Gasteiger partial charge in [-0.05, 0) is 43.2 Å². The monoisotopic (exact) mass is 515 g/mol. The van der Waals surface area contributed by atoms with Crippen molar-refractivity contribution < 1.29 is 45.5 Å². The Morgan fingerprint density at radius 2 is 1.94 bits per heavy atom. The van der Waals surface area contributed by atoms with E-state index in [9.17, 15) is 31.1 Å². The highest BCUT2D eigenvalue weighted by atomic mass is 19.4. The third-order valence-corrected chi connectivity index (χ3v) is 5.68. The minimum Gasteiger partial charge on any atom is -0.481 e. The highest BCUT2D eigenvalue weighted by Crippen LogP contribution is 2.41. The second-order valence-corrected chi connectivity index (χ2v) is 8.12. The van der Waals surface area contributed by atoms with Crippen LogP contribution in [0.15, 0.2) is 40.9 Å². The summed E-state index contributed by atoms with van der Waals surface area (Å²) in [4.78, 5) is 17.0. The zero-order chi connectivity index (χ0) is 26.3. The molecule has 0 amide bonds. The molecule has 0 fully saturated rings. The topological polar surface area (TPSA) is 88.7 Å². The Labute approximate surface area is 200 Å². The fourth-order valence-electron chi connectivity index (χ4n) is 3.87. The maximum atomic E-state index is 13.6. The quantitative estimate of drug-likeness (QED) is 0.411. The minimum atomic E-state index is -5.00. The Balaban J connectivity index is 1.64. The van der Waals surface area contributed by atoms with Gasteiger partial charge in [-0.3, -0.25) is 4.79 Å². The third kappa shape index (κ3) is 5.24. The molecule has 0 radical (unpaired) electrons. The number of carbonyl (C=O) groups is 1. The van der Waals surface area contributed by atoms with Gasteiger partial charge in [0.1, 0.15) is 5.75 Å². The molecular formula is C23H19F6N3O4. The molecule has 192 valence electrons. The van der Waals surface area contributed by atoms with E-state index in [0.29, 0.717) is 38.1 Å². The highest BCUT2D eigenvalue weighted by Gasteiger charge is 2.41. The molecule has 13 heteroatoms. The molecule has 4 rings (SSSR count). The van der Waals surface area contributed by atoms with Crippen molar-refractivity contribution in [2.45, 2.75) is 38.2 Å². The number of ether oxygens (including phenoxy) is 1. The largest absolute Gasteiger partial charge is 0.481 e. The summed E-state index contributed by atoms with van der Waals surface area (Å²) in [5.41, 5.74) is 0.667. The zero-order valence-electron chi connectivity index (χ0n) is 18.7. The van der Waals surface area contributed by atoms with Gasteiger partial charge < -0.3 is 19.3 Å². The molecule has 0 aliphatic carbocycles. The molecule has 7 nitrogen and oxygen atoms in total. The Morgan fingerprint density at radius 1 is 1.19 bits per heavy atom. The summed E-state index contributed by atoms with van der Waals surface area (Å²) >= 11 is 0. The second-order valence-electron chi connectivity index (χ2n) is 8.12. The normalized spacial score (nSPS) is 14.6. The van der Waals surface area contributed by atoms with Crippen LogP contribution in [0, 0.1) is 0 Å². The van der Waals surface area contributed by atoms with Gasteiger partial charge in [0.15, 0.2) is 6.10 Å². The van der Waals surface area contributed by atoms with E-state index in [1.54, 1.807) is 12.1 Å². The third-order valence-electron chi connectivity index (χ3n) is 5.68. The number of aliphatic carboxylic acids is 1. The minimum absolute atomic E-state index is 0.0426. The molecule has 1 aromatic heterocycles. The number of fused-ring (bicyclic) bond motifs is 1. The Bertz CT molecular complexity index is 1270. The number of aromatic nitrogens is 2. The number of alkyl halides is 6. The van der Waals surface area contributed by atoms with Crippen molar-refractivity contribution in [3.63, 3.8) is 0 Å². The molecule has 0 saturated heterocycles. The van der Waals surface area contributed by atoms with Crippen molar-refractivity contribution in [3.05, 3.63) is 47.5 Å². The van der Waals surface area contributed by atoms with Gasteiger partial charge in [0, 0.05) is 29.9 Å². The first-order valence-electron chi connectivity index (χ1n) is 10.7. The van der Waals surface area contributed by atoms with Crippen LogP contribution in [0.4, 0.5) is 32.0 Å². The summed E-state index contributed by atoms with van der Waals surface area (Å²) in [5, 5.41) is 12.8. The van der Waals surface area contributed by atoms with Gasteiger partial charge in [0.25, 0.3) is 5.89 Å². The summed E-state index contributed by atoms with van der Waals surface area (Å²) in [6, 6.07) is 7.74. The average molecular weight is 515 g/mol. The number of halogens is 6. The van der Waals surface area contributed by atoms with Crippen LogP contribution in [0.25, 0.3) is 22.8 Å². The zero-order valence-corrected chi connectivity index (χ0v) is 18.7. The lowest BCUT2D eigenvalue weighted by molar-refractivity contribution is -0.191. The van der Waals surface area contributed by atoms with E-state index in [1.807, 2.05) is 11.0 Å². The predicted molar refractivity (Wildman–Crippen MR) is 114 cm³/mol. The smallest absolute Gasteiger partial charge is 0.425 e. The van der Waals surface area contributed by atoms with Crippen LogP contribution in [-0.2, 0) is 17.4 Å². The van der Waals surface area contributed by atoms with Crippen LogP contribution in [0.3, 0.4) is 0 Å². The number of nitrogens with zero attached hydrogens (tertiary/aromatic N) is 3. The molecular weight excluding hydrogens is 496 g/mol. The maximum Gasteiger partial charge on any atom is 0.425 e. The van der Waals surface area contributed by atoms with Crippen molar-refractivity contribution >= 4 is 11.7 Å². The molecule has 1 aliphatic heterocycles.